The lowest BCUT2D eigenvalue weighted by atomic mass is 10.1. The minimum absolute atomic E-state index is 0.343. The van der Waals surface area contributed by atoms with Crippen molar-refractivity contribution in [1.82, 2.24) is 20.1 Å². The number of rotatable bonds is 4. The van der Waals surface area contributed by atoms with Gasteiger partial charge in [-0.25, -0.2) is 0 Å². The van der Waals surface area contributed by atoms with Gasteiger partial charge in [0.15, 0.2) is 0 Å². The third kappa shape index (κ3) is 2.23. The number of aromatic nitrogens is 3. The first-order chi connectivity index (χ1) is 8.34. The molecule has 0 amide bonds. The second-order valence-electron chi connectivity index (χ2n) is 5.51. The summed E-state index contributed by atoms with van der Waals surface area (Å²) < 4.78 is 2.30. The monoisotopic (exact) mass is 234 g/mol. The minimum atomic E-state index is 0.343. The van der Waals surface area contributed by atoms with Crippen molar-refractivity contribution in [3.63, 3.8) is 0 Å². The molecule has 1 aliphatic carbocycles. The molecule has 1 aromatic rings. The zero-order chi connectivity index (χ0) is 11.7. The fourth-order valence-corrected chi connectivity index (χ4v) is 3.14. The van der Waals surface area contributed by atoms with E-state index in [2.05, 4.69) is 27.0 Å². The van der Waals surface area contributed by atoms with Crippen LogP contribution in [0.2, 0.25) is 0 Å². The molecule has 1 atom stereocenters. The van der Waals surface area contributed by atoms with Gasteiger partial charge in [-0.05, 0) is 38.6 Å². The van der Waals surface area contributed by atoms with Crippen molar-refractivity contribution in [3.05, 3.63) is 11.6 Å². The van der Waals surface area contributed by atoms with Gasteiger partial charge in [0.1, 0.15) is 11.6 Å². The molecule has 1 aromatic heterocycles. The molecule has 1 N–H and O–H groups in total. The summed E-state index contributed by atoms with van der Waals surface area (Å²) in [5, 5.41) is 12.2. The fraction of sp³-hybridized carbons (Fsp3) is 0.846. The maximum atomic E-state index is 4.33. The van der Waals surface area contributed by atoms with Crippen LogP contribution >= 0.6 is 0 Å². The SMILES string of the molecule is CC(NCC1CCCC1)c1nnc2n1CCC2. The smallest absolute Gasteiger partial charge is 0.149 e. The standard InChI is InChI=1S/C13H22N4/c1-10(14-9-11-5-2-3-6-11)13-16-15-12-7-4-8-17(12)13/h10-11,14H,2-9H2,1H3. The number of nitrogens with zero attached hydrogens (tertiary/aromatic N) is 3. The van der Waals surface area contributed by atoms with Crippen LogP contribution in [0.5, 0.6) is 0 Å². The molecule has 1 saturated carbocycles. The van der Waals surface area contributed by atoms with Crippen molar-refractivity contribution < 1.29 is 0 Å². The van der Waals surface area contributed by atoms with E-state index in [4.69, 9.17) is 0 Å². The molecule has 0 saturated heterocycles. The molecule has 0 aromatic carbocycles. The van der Waals surface area contributed by atoms with Gasteiger partial charge in [-0.15, -0.1) is 10.2 Å². The number of fused-ring (bicyclic) bond motifs is 1. The zero-order valence-electron chi connectivity index (χ0n) is 10.7. The quantitative estimate of drug-likeness (QED) is 0.867. The Balaban J connectivity index is 1.59. The van der Waals surface area contributed by atoms with Gasteiger partial charge < -0.3 is 9.88 Å². The van der Waals surface area contributed by atoms with Gasteiger partial charge in [-0.1, -0.05) is 12.8 Å². The van der Waals surface area contributed by atoms with Gasteiger partial charge in [0, 0.05) is 13.0 Å². The summed E-state index contributed by atoms with van der Waals surface area (Å²) in [6.45, 7) is 4.46. The molecule has 4 heteroatoms. The minimum Gasteiger partial charge on any atom is -0.314 e. The van der Waals surface area contributed by atoms with Gasteiger partial charge in [-0.3, -0.25) is 0 Å². The van der Waals surface area contributed by atoms with Crippen LogP contribution < -0.4 is 5.32 Å². The van der Waals surface area contributed by atoms with Crippen molar-refractivity contribution in [3.8, 4) is 0 Å². The highest BCUT2D eigenvalue weighted by Crippen LogP contribution is 2.25. The fourth-order valence-electron chi connectivity index (χ4n) is 3.14. The number of hydrogen-bond donors (Lipinski definition) is 1. The molecule has 1 aliphatic heterocycles. The second-order valence-corrected chi connectivity index (χ2v) is 5.51. The maximum absolute atomic E-state index is 4.33. The van der Waals surface area contributed by atoms with Gasteiger partial charge in [0.05, 0.1) is 6.04 Å². The highest BCUT2D eigenvalue weighted by atomic mass is 15.3. The lowest BCUT2D eigenvalue weighted by Gasteiger charge is -2.16. The van der Waals surface area contributed by atoms with E-state index in [0.717, 1.165) is 31.3 Å². The van der Waals surface area contributed by atoms with Crippen molar-refractivity contribution in [2.24, 2.45) is 5.92 Å². The van der Waals surface area contributed by atoms with Crippen LogP contribution in [0.1, 0.15) is 56.7 Å². The molecule has 1 unspecified atom stereocenters. The summed E-state index contributed by atoms with van der Waals surface area (Å²) >= 11 is 0. The van der Waals surface area contributed by atoms with E-state index in [-0.39, 0.29) is 0 Å². The van der Waals surface area contributed by atoms with Crippen molar-refractivity contribution in [2.45, 2.75) is 58.0 Å². The molecular formula is C13H22N4. The molecular weight excluding hydrogens is 212 g/mol. The third-order valence-corrected chi connectivity index (χ3v) is 4.21. The average Bonchev–Trinajstić information content (AvgIpc) is 3.02. The van der Waals surface area contributed by atoms with Crippen molar-refractivity contribution in [1.29, 1.82) is 0 Å². The Kier molecular flexibility index (Phi) is 3.14. The molecule has 0 spiro atoms. The first-order valence-corrected chi connectivity index (χ1v) is 7.00. The molecule has 2 aliphatic rings. The topological polar surface area (TPSA) is 42.7 Å². The van der Waals surface area contributed by atoms with E-state index in [9.17, 15) is 0 Å². The molecule has 3 rings (SSSR count). The van der Waals surface area contributed by atoms with Crippen LogP contribution in [0.3, 0.4) is 0 Å². The number of nitrogens with one attached hydrogen (secondary N) is 1. The summed E-state index contributed by atoms with van der Waals surface area (Å²) in [6, 6.07) is 0.343. The molecule has 0 bridgehead atoms. The van der Waals surface area contributed by atoms with Crippen LogP contribution in [-0.2, 0) is 13.0 Å². The Morgan fingerprint density at radius 3 is 2.94 bits per heavy atom. The van der Waals surface area contributed by atoms with Crippen LogP contribution in [-0.4, -0.2) is 21.3 Å². The predicted octanol–water partition coefficient (Wildman–Crippen LogP) is 2.07. The predicted molar refractivity (Wildman–Crippen MR) is 66.7 cm³/mol. The Labute approximate surface area is 103 Å². The summed E-state index contributed by atoms with van der Waals surface area (Å²) in [5.74, 6) is 3.20. The lowest BCUT2D eigenvalue weighted by Crippen LogP contribution is -2.26. The van der Waals surface area contributed by atoms with E-state index < -0.39 is 0 Å². The highest BCUT2D eigenvalue weighted by molar-refractivity contribution is 5.04. The Bertz CT molecular complexity index is 379. The van der Waals surface area contributed by atoms with Gasteiger partial charge in [-0.2, -0.15) is 0 Å². The largest absolute Gasteiger partial charge is 0.314 e. The summed E-state index contributed by atoms with van der Waals surface area (Å²) in [4.78, 5) is 0. The first-order valence-electron chi connectivity index (χ1n) is 7.00. The van der Waals surface area contributed by atoms with Gasteiger partial charge >= 0.3 is 0 Å². The Morgan fingerprint density at radius 2 is 2.12 bits per heavy atom. The van der Waals surface area contributed by atoms with Crippen LogP contribution in [0.25, 0.3) is 0 Å². The second kappa shape index (κ2) is 4.77. The first kappa shape index (κ1) is 11.2. The number of hydrogen-bond acceptors (Lipinski definition) is 3. The Morgan fingerprint density at radius 1 is 1.29 bits per heavy atom. The summed E-state index contributed by atoms with van der Waals surface area (Å²) in [5.41, 5.74) is 0. The van der Waals surface area contributed by atoms with Crippen LogP contribution in [0, 0.1) is 5.92 Å². The molecule has 1 fully saturated rings. The number of aryl methyl sites for hydroxylation is 1. The van der Waals surface area contributed by atoms with E-state index in [1.165, 1.54) is 37.9 Å². The van der Waals surface area contributed by atoms with Crippen LogP contribution in [0.4, 0.5) is 0 Å². The maximum Gasteiger partial charge on any atom is 0.149 e. The lowest BCUT2D eigenvalue weighted by molar-refractivity contribution is 0.434. The van der Waals surface area contributed by atoms with E-state index in [0.29, 0.717) is 6.04 Å². The summed E-state index contributed by atoms with van der Waals surface area (Å²) in [6.07, 6.45) is 7.97. The molecule has 4 nitrogen and oxygen atoms in total. The highest BCUT2D eigenvalue weighted by Gasteiger charge is 2.22. The summed E-state index contributed by atoms with van der Waals surface area (Å²) in [7, 11) is 0. The van der Waals surface area contributed by atoms with E-state index >= 15 is 0 Å². The molecule has 17 heavy (non-hydrogen) atoms. The van der Waals surface area contributed by atoms with Gasteiger partial charge in [0.25, 0.3) is 0 Å². The van der Waals surface area contributed by atoms with Crippen molar-refractivity contribution in [2.75, 3.05) is 6.54 Å². The zero-order valence-corrected chi connectivity index (χ0v) is 10.7. The normalized spacial score (nSPS) is 21.9. The van der Waals surface area contributed by atoms with E-state index in [1.807, 2.05) is 0 Å². The Hall–Kier alpha value is -0.900. The van der Waals surface area contributed by atoms with E-state index in [1.54, 1.807) is 0 Å². The van der Waals surface area contributed by atoms with Gasteiger partial charge in [0.2, 0.25) is 0 Å². The third-order valence-electron chi connectivity index (χ3n) is 4.21. The van der Waals surface area contributed by atoms with Crippen LogP contribution in [0.15, 0.2) is 0 Å². The van der Waals surface area contributed by atoms with Crippen molar-refractivity contribution >= 4 is 0 Å². The average molecular weight is 234 g/mol. The molecule has 2 heterocycles. The molecule has 0 radical (unpaired) electrons. The molecule has 94 valence electrons.